The number of hydrogen-bond acceptors (Lipinski definition) is 2. The largest absolute Gasteiger partial charge is 0.352 e. The Morgan fingerprint density at radius 3 is 2.67 bits per heavy atom. The summed E-state index contributed by atoms with van der Waals surface area (Å²) >= 11 is 0. The standard InChI is InChI=1S/C20H21FN2O/c1-12-7-13(4-6-19(12)21)14-3-5-16-17(8-14)20(24)22-9-15-10-23(2)11-18(15)16/h3-8,15,18H,9-11H2,1-2H3,(H,22,24)/t15-,18-/m1/s1. The van der Waals surface area contributed by atoms with Crippen LogP contribution in [0, 0.1) is 18.7 Å². The van der Waals surface area contributed by atoms with Crippen LogP contribution in [-0.2, 0) is 0 Å². The molecule has 0 bridgehead atoms. The zero-order valence-corrected chi connectivity index (χ0v) is 14.0. The van der Waals surface area contributed by atoms with Gasteiger partial charge in [-0.25, -0.2) is 4.39 Å². The molecule has 4 heteroatoms. The first-order chi connectivity index (χ1) is 11.5. The van der Waals surface area contributed by atoms with E-state index in [0.717, 1.165) is 41.9 Å². The lowest BCUT2D eigenvalue weighted by Crippen LogP contribution is -2.29. The highest BCUT2D eigenvalue weighted by atomic mass is 19.1. The molecule has 124 valence electrons. The number of fused-ring (bicyclic) bond motifs is 3. The SMILES string of the molecule is Cc1cc(-c2ccc3c(c2)C(=O)NC[C@@H]2CN(C)C[C@@H]32)ccc1F. The van der Waals surface area contributed by atoms with Gasteiger partial charge in [-0.05, 0) is 60.3 Å². The molecule has 2 atom stereocenters. The first-order valence-corrected chi connectivity index (χ1v) is 8.40. The van der Waals surface area contributed by atoms with Crippen molar-refractivity contribution < 1.29 is 9.18 Å². The second-order valence-corrected chi connectivity index (χ2v) is 7.06. The topological polar surface area (TPSA) is 32.3 Å². The second-order valence-electron chi connectivity index (χ2n) is 7.06. The normalized spacial score (nSPS) is 23.4. The summed E-state index contributed by atoms with van der Waals surface area (Å²) in [5.41, 5.74) is 4.41. The number of aryl methyl sites for hydroxylation is 1. The number of nitrogens with one attached hydrogen (secondary N) is 1. The van der Waals surface area contributed by atoms with E-state index in [1.165, 1.54) is 6.07 Å². The molecule has 1 saturated heterocycles. The Balaban J connectivity index is 1.79. The number of likely N-dealkylation sites (N-methyl/N-ethyl adjacent to an activating group) is 1. The zero-order valence-electron chi connectivity index (χ0n) is 14.0. The Labute approximate surface area is 141 Å². The maximum Gasteiger partial charge on any atom is 0.251 e. The third-order valence-electron chi connectivity index (χ3n) is 5.34. The molecule has 0 radical (unpaired) electrons. The third kappa shape index (κ3) is 2.51. The molecular weight excluding hydrogens is 303 g/mol. The summed E-state index contributed by atoms with van der Waals surface area (Å²) in [7, 11) is 2.13. The van der Waals surface area contributed by atoms with Crippen LogP contribution in [0.3, 0.4) is 0 Å². The van der Waals surface area contributed by atoms with Crippen LogP contribution in [0.15, 0.2) is 36.4 Å². The van der Waals surface area contributed by atoms with E-state index in [1.54, 1.807) is 13.0 Å². The lowest BCUT2D eigenvalue weighted by atomic mass is 9.86. The number of hydrogen-bond donors (Lipinski definition) is 1. The van der Waals surface area contributed by atoms with Crippen LogP contribution in [-0.4, -0.2) is 37.5 Å². The smallest absolute Gasteiger partial charge is 0.251 e. The van der Waals surface area contributed by atoms with E-state index in [0.29, 0.717) is 17.4 Å². The van der Waals surface area contributed by atoms with Gasteiger partial charge in [0.15, 0.2) is 0 Å². The van der Waals surface area contributed by atoms with Crippen LogP contribution < -0.4 is 5.32 Å². The molecule has 4 rings (SSSR count). The monoisotopic (exact) mass is 324 g/mol. The summed E-state index contributed by atoms with van der Waals surface area (Å²) in [5.74, 6) is 0.665. The number of halogens is 1. The summed E-state index contributed by atoms with van der Waals surface area (Å²) in [6.07, 6.45) is 0. The minimum absolute atomic E-state index is 0.00253. The molecular formula is C20H21FN2O. The zero-order chi connectivity index (χ0) is 16.8. The highest BCUT2D eigenvalue weighted by Gasteiger charge is 2.36. The van der Waals surface area contributed by atoms with Crippen LogP contribution in [0.1, 0.15) is 27.4 Å². The van der Waals surface area contributed by atoms with Crippen LogP contribution in [0.5, 0.6) is 0 Å². The molecule has 0 unspecified atom stereocenters. The van der Waals surface area contributed by atoms with Crippen LogP contribution in [0.25, 0.3) is 11.1 Å². The molecule has 1 fully saturated rings. The van der Waals surface area contributed by atoms with Gasteiger partial charge in [0.1, 0.15) is 5.82 Å². The van der Waals surface area contributed by atoms with Gasteiger partial charge in [0.05, 0.1) is 0 Å². The number of carbonyl (C=O) groups is 1. The van der Waals surface area contributed by atoms with E-state index >= 15 is 0 Å². The predicted molar refractivity (Wildman–Crippen MR) is 92.6 cm³/mol. The molecule has 0 aromatic heterocycles. The fourth-order valence-electron chi connectivity index (χ4n) is 4.05. The molecule has 2 aromatic rings. The lowest BCUT2D eigenvalue weighted by molar-refractivity contribution is 0.0951. The van der Waals surface area contributed by atoms with Crippen molar-refractivity contribution in [2.75, 3.05) is 26.7 Å². The number of nitrogens with zero attached hydrogens (tertiary/aromatic N) is 1. The molecule has 0 spiro atoms. The molecule has 2 heterocycles. The molecule has 24 heavy (non-hydrogen) atoms. The van der Waals surface area contributed by atoms with Crippen molar-refractivity contribution >= 4 is 5.91 Å². The summed E-state index contributed by atoms with van der Waals surface area (Å²) in [5, 5.41) is 3.07. The molecule has 2 aliphatic heterocycles. The van der Waals surface area contributed by atoms with Gasteiger partial charge in [-0.1, -0.05) is 18.2 Å². The van der Waals surface area contributed by atoms with Crippen molar-refractivity contribution in [3.8, 4) is 11.1 Å². The minimum Gasteiger partial charge on any atom is -0.352 e. The summed E-state index contributed by atoms with van der Waals surface area (Å²) in [6, 6.07) is 11.2. The van der Waals surface area contributed by atoms with Crippen LogP contribution >= 0.6 is 0 Å². The van der Waals surface area contributed by atoms with Crippen molar-refractivity contribution in [3.63, 3.8) is 0 Å². The molecule has 1 amide bonds. The van der Waals surface area contributed by atoms with Gasteiger partial charge in [-0.2, -0.15) is 0 Å². The van der Waals surface area contributed by atoms with Gasteiger partial charge >= 0.3 is 0 Å². The van der Waals surface area contributed by atoms with E-state index in [1.807, 2.05) is 12.1 Å². The molecule has 0 aliphatic carbocycles. The summed E-state index contributed by atoms with van der Waals surface area (Å²) < 4.78 is 13.5. The Bertz CT molecular complexity index is 817. The number of benzene rings is 2. The van der Waals surface area contributed by atoms with Gasteiger partial charge in [0, 0.05) is 31.1 Å². The third-order valence-corrected chi connectivity index (χ3v) is 5.34. The minimum atomic E-state index is -0.205. The number of amides is 1. The van der Waals surface area contributed by atoms with Crippen molar-refractivity contribution in [3.05, 3.63) is 58.9 Å². The van der Waals surface area contributed by atoms with Gasteiger partial charge in [-0.3, -0.25) is 4.79 Å². The Hall–Kier alpha value is -2.20. The van der Waals surface area contributed by atoms with Crippen molar-refractivity contribution in [1.29, 1.82) is 0 Å². The summed E-state index contributed by atoms with van der Waals surface area (Å²) in [6.45, 7) is 4.49. The Kier molecular flexibility index (Phi) is 3.65. The van der Waals surface area contributed by atoms with Gasteiger partial charge in [0.2, 0.25) is 0 Å². The Morgan fingerprint density at radius 1 is 1.12 bits per heavy atom. The van der Waals surface area contributed by atoms with E-state index in [9.17, 15) is 9.18 Å². The predicted octanol–water partition coefficient (Wildman–Crippen LogP) is 3.19. The van der Waals surface area contributed by atoms with E-state index in [-0.39, 0.29) is 11.7 Å². The Morgan fingerprint density at radius 2 is 1.88 bits per heavy atom. The maximum atomic E-state index is 13.5. The van der Waals surface area contributed by atoms with Crippen LogP contribution in [0.2, 0.25) is 0 Å². The summed E-state index contributed by atoms with van der Waals surface area (Å²) in [4.78, 5) is 14.9. The fourth-order valence-corrected chi connectivity index (χ4v) is 4.05. The van der Waals surface area contributed by atoms with Gasteiger partial charge in [0.25, 0.3) is 5.91 Å². The average Bonchev–Trinajstić information content (AvgIpc) is 2.89. The fraction of sp³-hybridized carbons (Fsp3) is 0.350. The molecule has 0 saturated carbocycles. The van der Waals surface area contributed by atoms with Crippen molar-refractivity contribution in [2.24, 2.45) is 5.92 Å². The van der Waals surface area contributed by atoms with Crippen molar-refractivity contribution in [1.82, 2.24) is 10.2 Å². The van der Waals surface area contributed by atoms with E-state index in [2.05, 4.69) is 29.4 Å². The average molecular weight is 324 g/mol. The number of carbonyl (C=O) groups excluding carboxylic acids is 1. The highest BCUT2D eigenvalue weighted by molar-refractivity contribution is 5.97. The van der Waals surface area contributed by atoms with Crippen LogP contribution in [0.4, 0.5) is 4.39 Å². The molecule has 2 aliphatic rings. The van der Waals surface area contributed by atoms with Gasteiger partial charge < -0.3 is 10.2 Å². The molecule has 2 aromatic carbocycles. The lowest BCUT2D eigenvalue weighted by Gasteiger charge is -2.17. The maximum absolute atomic E-state index is 13.5. The van der Waals surface area contributed by atoms with E-state index in [4.69, 9.17) is 0 Å². The van der Waals surface area contributed by atoms with Gasteiger partial charge in [-0.15, -0.1) is 0 Å². The molecule has 3 nitrogen and oxygen atoms in total. The first kappa shape index (κ1) is 15.3. The first-order valence-electron chi connectivity index (χ1n) is 8.40. The molecule has 1 N–H and O–H groups in total. The van der Waals surface area contributed by atoms with E-state index < -0.39 is 0 Å². The highest BCUT2D eigenvalue weighted by Crippen LogP contribution is 2.37. The quantitative estimate of drug-likeness (QED) is 0.874. The number of likely N-dealkylation sites (tertiary alicyclic amines) is 1. The van der Waals surface area contributed by atoms with Crippen molar-refractivity contribution in [2.45, 2.75) is 12.8 Å². The second kappa shape index (κ2) is 5.71. The number of rotatable bonds is 1.